The zero-order valence-corrected chi connectivity index (χ0v) is 15.3. The molecule has 0 spiro atoms. The lowest BCUT2D eigenvalue weighted by Gasteiger charge is -2.07. The summed E-state index contributed by atoms with van der Waals surface area (Å²) in [5.41, 5.74) is 3.50. The Labute approximate surface area is 156 Å². The highest BCUT2D eigenvalue weighted by Gasteiger charge is 2.17. The van der Waals surface area contributed by atoms with Gasteiger partial charge in [0.05, 0.1) is 11.3 Å². The van der Waals surface area contributed by atoms with Gasteiger partial charge in [0.25, 0.3) is 0 Å². The van der Waals surface area contributed by atoms with E-state index in [9.17, 15) is 9.59 Å². The second kappa shape index (κ2) is 7.82. The van der Waals surface area contributed by atoms with Crippen LogP contribution in [0.5, 0.6) is 0 Å². The number of Topliss-reactive ketones (excluding diaryl/α,β-unsaturated/α-hetero) is 1. The molecule has 3 rings (SSSR count). The third kappa shape index (κ3) is 3.87. The summed E-state index contributed by atoms with van der Waals surface area (Å²) < 4.78 is 8.76. The van der Waals surface area contributed by atoms with Crippen molar-refractivity contribution in [2.75, 3.05) is 6.61 Å². The van der Waals surface area contributed by atoms with Gasteiger partial charge in [0.15, 0.2) is 6.61 Å². The van der Waals surface area contributed by atoms with E-state index in [0.717, 1.165) is 17.1 Å². The van der Waals surface area contributed by atoms with Crippen molar-refractivity contribution in [2.45, 2.75) is 20.4 Å². The van der Waals surface area contributed by atoms with Crippen molar-refractivity contribution in [3.05, 3.63) is 78.2 Å². The molecule has 138 valence electrons. The topological polar surface area (TPSA) is 79.0 Å². The van der Waals surface area contributed by atoms with E-state index in [-0.39, 0.29) is 12.4 Å². The molecule has 3 aromatic rings. The van der Waals surface area contributed by atoms with Crippen molar-refractivity contribution < 1.29 is 14.3 Å². The second-order valence-electron chi connectivity index (χ2n) is 6.07. The van der Waals surface area contributed by atoms with E-state index in [1.807, 2.05) is 24.5 Å². The highest BCUT2D eigenvalue weighted by atomic mass is 16.5. The Morgan fingerprint density at radius 2 is 1.96 bits per heavy atom. The van der Waals surface area contributed by atoms with E-state index < -0.39 is 5.97 Å². The van der Waals surface area contributed by atoms with E-state index in [4.69, 9.17) is 4.74 Å². The van der Waals surface area contributed by atoms with Gasteiger partial charge < -0.3 is 9.30 Å². The zero-order valence-electron chi connectivity index (χ0n) is 15.3. The van der Waals surface area contributed by atoms with E-state index >= 15 is 0 Å². The minimum absolute atomic E-state index is 0.231. The van der Waals surface area contributed by atoms with Crippen LogP contribution >= 0.6 is 0 Å². The molecule has 7 nitrogen and oxygen atoms in total. The molecular formula is C20H20N4O3. The van der Waals surface area contributed by atoms with Crippen molar-refractivity contribution >= 4 is 11.8 Å². The number of aromatic nitrogens is 4. The van der Waals surface area contributed by atoms with Crippen LogP contribution in [0.1, 0.15) is 32.1 Å². The summed E-state index contributed by atoms with van der Waals surface area (Å²) in [6, 6.07) is 8.52. The minimum atomic E-state index is -0.548. The average Bonchev–Trinajstić information content (AvgIpc) is 3.30. The Balaban J connectivity index is 1.64. The minimum Gasteiger partial charge on any atom is -0.454 e. The van der Waals surface area contributed by atoms with Crippen molar-refractivity contribution in [1.82, 2.24) is 19.3 Å². The van der Waals surface area contributed by atoms with Crippen molar-refractivity contribution in [1.29, 1.82) is 0 Å². The maximum absolute atomic E-state index is 12.4. The molecule has 0 saturated carbocycles. The second-order valence-corrected chi connectivity index (χ2v) is 6.07. The summed E-state index contributed by atoms with van der Waals surface area (Å²) in [6.45, 7) is 7.84. The van der Waals surface area contributed by atoms with E-state index in [2.05, 4.69) is 16.7 Å². The van der Waals surface area contributed by atoms with E-state index in [1.165, 1.54) is 6.33 Å². The number of carbonyl (C=O) groups is 2. The first kappa shape index (κ1) is 18.3. The molecule has 0 bridgehead atoms. The molecule has 0 unspecified atom stereocenters. The lowest BCUT2D eigenvalue weighted by Crippen LogP contribution is -2.15. The van der Waals surface area contributed by atoms with Crippen LogP contribution < -0.4 is 0 Å². The fourth-order valence-electron chi connectivity index (χ4n) is 2.88. The number of esters is 1. The van der Waals surface area contributed by atoms with Gasteiger partial charge in [0, 0.05) is 23.5 Å². The fraction of sp³-hybridized carbons (Fsp3) is 0.200. The van der Waals surface area contributed by atoms with Crippen LogP contribution in [-0.2, 0) is 11.3 Å². The number of rotatable bonds is 7. The summed E-state index contributed by atoms with van der Waals surface area (Å²) in [4.78, 5) is 28.5. The number of hydrogen-bond acceptors (Lipinski definition) is 5. The Hall–Kier alpha value is -3.48. The third-order valence-electron chi connectivity index (χ3n) is 4.31. The number of benzene rings is 1. The summed E-state index contributed by atoms with van der Waals surface area (Å²) >= 11 is 0. The van der Waals surface area contributed by atoms with Gasteiger partial charge in [-0.05, 0) is 44.2 Å². The van der Waals surface area contributed by atoms with Crippen LogP contribution in [-0.4, -0.2) is 37.7 Å². The van der Waals surface area contributed by atoms with Crippen molar-refractivity contribution in [3.63, 3.8) is 0 Å². The van der Waals surface area contributed by atoms with Gasteiger partial charge in [0.1, 0.15) is 12.7 Å². The molecule has 0 saturated heterocycles. The molecule has 2 aromatic heterocycles. The number of ketones is 1. The van der Waals surface area contributed by atoms with E-state index in [1.54, 1.807) is 41.4 Å². The first-order chi connectivity index (χ1) is 13.0. The lowest BCUT2D eigenvalue weighted by atomic mass is 10.1. The molecule has 0 amide bonds. The summed E-state index contributed by atoms with van der Waals surface area (Å²) in [5.74, 6) is -0.778. The maximum Gasteiger partial charge on any atom is 0.338 e. The van der Waals surface area contributed by atoms with E-state index in [0.29, 0.717) is 17.7 Å². The Kier molecular flexibility index (Phi) is 5.30. The summed E-state index contributed by atoms with van der Waals surface area (Å²) in [5, 5.41) is 4.02. The molecule has 2 heterocycles. The summed E-state index contributed by atoms with van der Waals surface area (Å²) in [6.07, 6.45) is 4.77. The van der Waals surface area contributed by atoms with Gasteiger partial charge in [-0.2, -0.15) is 5.10 Å². The molecule has 1 aromatic carbocycles. The smallest absolute Gasteiger partial charge is 0.338 e. The molecular weight excluding hydrogens is 344 g/mol. The first-order valence-electron chi connectivity index (χ1n) is 8.44. The van der Waals surface area contributed by atoms with Gasteiger partial charge in [-0.25, -0.2) is 14.5 Å². The van der Waals surface area contributed by atoms with Crippen molar-refractivity contribution in [2.24, 2.45) is 0 Å². The quantitative estimate of drug-likeness (QED) is 0.366. The molecule has 0 aliphatic heterocycles. The van der Waals surface area contributed by atoms with Crippen LogP contribution in [0.25, 0.3) is 5.69 Å². The van der Waals surface area contributed by atoms with Gasteiger partial charge in [-0.3, -0.25) is 4.79 Å². The van der Waals surface area contributed by atoms with Crippen LogP contribution in [0, 0.1) is 13.8 Å². The van der Waals surface area contributed by atoms with Crippen LogP contribution in [0.4, 0.5) is 0 Å². The zero-order chi connectivity index (χ0) is 19.4. The molecule has 0 fully saturated rings. The number of nitrogens with zero attached hydrogens (tertiary/aromatic N) is 4. The number of carbonyl (C=O) groups excluding carboxylic acids is 2. The number of ether oxygens (including phenoxy) is 1. The van der Waals surface area contributed by atoms with Crippen LogP contribution in [0.3, 0.4) is 0 Å². The standard InChI is InChI=1S/C20H20N4O3/c1-4-9-23-14(2)10-18(15(23)3)19(25)11-27-20(26)16-5-7-17(8-6-16)24-13-21-12-22-24/h4-8,10,12-13H,1,9,11H2,2-3H3. The molecule has 0 aliphatic carbocycles. The highest BCUT2D eigenvalue weighted by Crippen LogP contribution is 2.16. The Morgan fingerprint density at radius 1 is 1.22 bits per heavy atom. The fourth-order valence-corrected chi connectivity index (χ4v) is 2.88. The van der Waals surface area contributed by atoms with Gasteiger partial charge in [-0.1, -0.05) is 6.08 Å². The normalized spacial score (nSPS) is 10.6. The number of allylic oxidation sites excluding steroid dienone is 1. The van der Waals surface area contributed by atoms with Crippen LogP contribution in [0.2, 0.25) is 0 Å². The molecule has 0 aliphatic rings. The third-order valence-corrected chi connectivity index (χ3v) is 4.31. The Bertz CT molecular complexity index is 970. The van der Waals surface area contributed by atoms with Gasteiger partial charge in [0.2, 0.25) is 5.78 Å². The number of aryl methyl sites for hydroxylation is 1. The number of hydrogen-bond donors (Lipinski definition) is 0. The largest absolute Gasteiger partial charge is 0.454 e. The first-order valence-corrected chi connectivity index (χ1v) is 8.44. The van der Waals surface area contributed by atoms with Gasteiger partial charge in [-0.15, -0.1) is 6.58 Å². The molecule has 0 N–H and O–H groups in total. The summed E-state index contributed by atoms with van der Waals surface area (Å²) in [7, 11) is 0. The van der Waals surface area contributed by atoms with Crippen molar-refractivity contribution in [3.8, 4) is 5.69 Å². The maximum atomic E-state index is 12.4. The molecule has 7 heteroatoms. The highest BCUT2D eigenvalue weighted by molar-refractivity contribution is 6.00. The van der Waals surface area contributed by atoms with Crippen LogP contribution in [0.15, 0.2) is 55.6 Å². The lowest BCUT2D eigenvalue weighted by molar-refractivity contribution is 0.0474. The average molecular weight is 364 g/mol. The molecule has 0 atom stereocenters. The SMILES string of the molecule is C=CCn1c(C)cc(C(=O)COC(=O)c2ccc(-n3cncn3)cc2)c1C. The molecule has 27 heavy (non-hydrogen) atoms. The predicted octanol–water partition coefficient (Wildman–Crippen LogP) is 2.91. The molecule has 0 radical (unpaired) electrons. The predicted molar refractivity (Wildman–Crippen MR) is 100 cm³/mol. The monoisotopic (exact) mass is 364 g/mol. The Morgan fingerprint density at radius 3 is 2.59 bits per heavy atom. The van der Waals surface area contributed by atoms with Gasteiger partial charge >= 0.3 is 5.97 Å².